The largest absolute Gasteiger partial charge is 0.378 e. The molecule has 0 bridgehead atoms. The third kappa shape index (κ3) is 3.65. The number of hydrogen-bond donors (Lipinski definition) is 2. The number of imide groups is 1. The summed E-state index contributed by atoms with van der Waals surface area (Å²) in [7, 11) is 5.73. The Morgan fingerprint density at radius 3 is 2.33 bits per heavy atom. The molecule has 2 N–H and O–H groups in total. The molecule has 3 heterocycles. The zero-order chi connectivity index (χ0) is 23.1. The lowest BCUT2D eigenvalue weighted by Gasteiger charge is -2.20. The number of para-hydroxylation sites is 2. The van der Waals surface area contributed by atoms with E-state index in [-0.39, 0.29) is 17.9 Å². The number of rotatable bonds is 7. The molecule has 2 aromatic heterocycles. The molecular weight excluding hydrogens is 416 g/mol. The quantitative estimate of drug-likeness (QED) is 0.431. The first-order valence-electron chi connectivity index (χ1n) is 10.9. The standard InChI is InChI=1S/C26H26N4O3/c1-29(2)13-16(33-3)14-30-15-20(18-9-5-7-11-22(18)30)24-23(25(31)28-26(24)32)19-12-27-21-10-6-4-8-17(19)21/h4-12,15-16,27H,13-14H2,1-3H3,(H,28,31,32). The molecule has 168 valence electrons. The number of ether oxygens (including phenoxy) is 1. The number of fused-ring (bicyclic) bond motifs is 2. The lowest BCUT2D eigenvalue weighted by molar-refractivity contribution is -0.122. The highest BCUT2D eigenvalue weighted by Crippen LogP contribution is 2.38. The summed E-state index contributed by atoms with van der Waals surface area (Å²) in [6.45, 7) is 1.39. The van der Waals surface area contributed by atoms with E-state index in [0.717, 1.165) is 39.5 Å². The molecule has 7 nitrogen and oxygen atoms in total. The van der Waals surface area contributed by atoms with Gasteiger partial charge in [0.2, 0.25) is 0 Å². The van der Waals surface area contributed by atoms with Crippen LogP contribution in [0.3, 0.4) is 0 Å². The van der Waals surface area contributed by atoms with Gasteiger partial charge in [-0.2, -0.15) is 0 Å². The van der Waals surface area contributed by atoms with E-state index < -0.39 is 0 Å². The second-order valence-electron chi connectivity index (χ2n) is 8.61. The number of carbonyl (C=O) groups excluding carboxylic acids is 2. The van der Waals surface area contributed by atoms with Gasteiger partial charge in [-0.05, 0) is 26.2 Å². The summed E-state index contributed by atoms with van der Waals surface area (Å²) >= 11 is 0. The van der Waals surface area contributed by atoms with Crippen molar-refractivity contribution in [1.29, 1.82) is 0 Å². The number of H-pyrrole nitrogens is 1. The number of nitrogens with zero attached hydrogens (tertiary/aromatic N) is 2. The summed E-state index contributed by atoms with van der Waals surface area (Å²) in [6.07, 6.45) is 3.74. The van der Waals surface area contributed by atoms with E-state index in [4.69, 9.17) is 4.74 Å². The summed E-state index contributed by atoms with van der Waals surface area (Å²) in [5, 5.41) is 4.35. The zero-order valence-electron chi connectivity index (χ0n) is 18.9. The van der Waals surface area contributed by atoms with Crippen molar-refractivity contribution in [1.82, 2.24) is 19.8 Å². The van der Waals surface area contributed by atoms with Gasteiger partial charge in [-0.3, -0.25) is 14.9 Å². The number of likely N-dealkylation sites (N-methyl/N-ethyl adjacent to an activating group) is 1. The second kappa shape index (κ2) is 8.35. The lowest BCUT2D eigenvalue weighted by atomic mass is 9.95. The molecule has 0 spiro atoms. The third-order valence-electron chi connectivity index (χ3n) is 6.15. The Hall–Kier alpha value is -3.68. The van der Waals surface area contributed by atoms with Gasteiger partial charge < -0.3 is 19.2 Å². The second-order valence-corrected chi connectivity index (χ2v) is 8.61. The number of methoxy groups -OCH3 is 1. The fourth-order valence-electron chi connectivity index (χ4n) is 4.68. The number of hydrogen-bond acceptors (Lipinski definition) is 4. The van der Waals surface area contributed by atoms with Crippen molar-refractivity contribution in [3.63, 3.8) is 0 Å². The van der Waals surface area contributed by atoms with Crippen LogP contribution >= 0.6 is 0 Å². The van der Waals surface area contributed by atoms with Crippen LogP contribution in [0.25, 0.3) is 33.0 Å². The molecule has 5 rings (SSSR count). The Balaban J connectivity index is 1.70. The zero-order valence-corrected chi connectivity index (χ0v) is 18.9. The fourth-order valence-corrected chi connectivity index (χ4v) is 4.68. The summed E-state index contributed by atoms with van der Waals surface area (Å²) in [5.41, 5.74) is 4.18. The maximum Gasteiger partial charge on any atom is 0.259 e. The van der Waals surface area contributed by atoms with Gasteiger partial charge in [0.1, 0.15) is 0 Å². The van der Waals surface area contributed by atoms with E-state index >= 15 is 0 Å². The van der Waals surface area contributed by atoms with Crippen molar-refractivity contribution in [2.45, 2.75) is 12.6 Å². The Labute approximate surface area is 191 Å². The summed E-state index contributed by atoms with van der Waals surface area (Å²) in [6, 6.07) is 15.7. The SMILES string of the molecule is COC(CN(C)C)Cn1cc(C2=C(c3c[nH]c4ccccc34)C(=O)NC2=O)c2ccccc21. The molecule has 2 amide bonds. The maximum absolute atomic E-state index is 13.1. The molecule has 0 radical (unpaired) electrons. The monoisotopic (exact) mass is 442 g/mol. The van der Waals surface area contributed by atoms with Gasteiger partial charge in [-0.25, -0.2) is 0 Å². The van der Waals surface area contributed by atoms with E-state index in [1.165, 1.54) is 0 Å². The fraction of sp³-hybridized carbons (Fsp3) is 0.231. The molecular formula is C26H26N4O3. The Morgan fingerprint density at radius 1 is 0.939 bits per heavy atom. The van der Waals surface area contributed by atoms with E-state index in [9.17, 15) is 9.59 Å². The first kappa shape index (κ1) is 21.2. The molecule has 0 saturated heterocycles. The van der Waals surface area contributed by atoms with Crippen molar-refractivity contribution in [2.24, 2.45) is 0 Å². The first-order valence-corrected chi connectivity index (χ1v) is 10.9. The molecule has 1 aliphatic rings. The molecule has 0 saturated carbocycles. The van der Waals surface area contributed by atoms with Crippen LogP contribution in [-0.4, -0.2) is 60.1 Å². The van der Waals surface area contributed by atoms with Crippen molar-refractivity contribution < 1.29 is 14.3 Å². The molecule has 1 aliphatic heterocycles. The van der Waals surface area contributed by atoms with Gasteiger partial charge >= 0.3 is 0 Å². The van der Waals surface area contributed by atoms with Crippen LogP contribution in [0.15, 0.2) is 60.9 Å². The molecule has 4 aromatic rings. The molecule has 1 unspecified atom stereocenters. The number of amides is 2. The van der Waals surface area contributed by atoms with Gasteiger partial charge in [-0.1, -0.05) is 36.4 Å². The van der Waals surface area contributed by atoms with Crippen LogP contribution in [0.5, 0.6) is 0 Å². The summed E-state index contributed by atoms with van der Waals surface area (Å²) in [5.74, 6) is -0.751. The number of aromatic nitrogens is 2. The predicted octanol–water partition coefficient (Wildman–Crippen LogP) is 3.27. The van der Waals surface area contributed by atoms with Crippen LogP contribution < -0.4 is 5.32 Å². The normalized spacial score (nSPS) is 15.3. The Bertz CT molecular complexity index is 1410. The molecule has 7 heteroatoms. The van der Waals surface area contributed by atoms with Crippen LogP contribution in [0.1, 0.15) is 11.1 Å². The third-order valence-corrected chi connectivity index (χ3v) is 6.15. The minimum absolute atomic E-state index is 0.0234. The van der Waals surface area contributed by atoms with Gasteiger partial charge in [0.05, 0.1) is 23.8 Å². The van der Waals surface area contributed by atoms with Crippen LogP contribution in [-0.2, 0) is 20.9 Å². The maximum atomic E-state index is 13.1. The van der Waals surface area contributed by atoms with Crippen LogP contribution in [0.2, 0.25) is 0 Å². The number of aromatic amines is 1. The van der Waals surface area contributed by atoms with Crippen molar-refractivity contribution >= 4 is 44.8 Å². The van der Waals surface area contributed by atoms with E-state index in [1.54, 1.807) is 13.3 Å². The van der Waals surface area contributed by atoms with Gasteiger partial charge in [0.25, 0.3) is 11.8 Å². The smallest absolute Gasteiger partial charge is 0.259 e. The topological polar surface area (TPSA) is 79.4 Å². The van der Waals surface area contributed by atoms with Crippen molar-refractivity contribution in [3.05, 3.63) is 72.1 Å². The van der Waals surface area contributed by atoms with E-state index in [1.807, 2.05) is 68.8 Å². The molecule has 2 aromatic carbocycles. The summed E-state index contributed by atoms with van der Waals surface area (Å²) in [4.78, 5) is 31.3. The predicted molar refractivity (Wildman–Crippen MR) is 130 cm³/mol. The highest BCUT2D eigenvalue weighted by Gasteiger charge is 2.35. The van der Waals surface area contributed by atoms with Crippen molar-refractivity contribution in [3.8, 4) is 0 Å². The highest BCUT2D eigenvalue weighted by atomic mass is 16.5. The van der Waals surface area contributed by atoms with Crippen LogP contribution in [0, 0.1) is 0 Å². The lowest BCUT2D eigenvalue weighted by Crippen LogP contribution is -2.31. The molecule has 0 fully saturated rings. The summed E-state index contributed by atoms with van der Waals surface area (Å²) < 4.78 is 7.81. The average molecular weight is 443 g/mol. The first-order chi connectivity index (χ1) is 16.0. The van der Waals surface area contributed by atoms with Gasteiger partial charge in [0.15, 0.2) is 0 Å². The Morgan fingerprint density at radius 2 is 1.61 bits per heavy atom. The molecule has 0 aliphatic carbocycles. The molecule has 33 heavy (non-hydrogen) atoms. The van der Waals surface area contributed by atoms with Crippen LogP contribution in [0.4, 0.5) is 0 Å². The van der Waals surface area contributed by atoms with E-state index in [0.29, 0.717) is 17.7 Å². The molecule has 1 atom stereocenters. The number of carbonyl (C=O) groups is 2. The highest BCUT2D eigenvalue weighted by molar-refractivity contribution is 6.50. The van der Waals surface area contributed by atoms with E-state index in [2.05, 4.69) is 19.8 Å². The van der Waals surface area contributed by atoms with Crippen molar-refractivity contribution in [2.75, 3.05) is 27.7 Å². The minimum atomic E-state index is -0.376. The number of nitrogens with one attached hydrogen (secondary N) is 2. The van der Waals surface area contributed by atoms with Gasteiger partial charge in [-0.15, -0.1) is 0 Å². The minimum Gasteiger partial charge on any atom is -0.378 e. The average Bonchev–Trinajstić information content (AvgIpc) is 3.46. The Kier molecular flexibility index (Phi) is 5.36. The number of benzene rings is 2. The van der Waals surface area contributed by atoms with Gasteiger partial charge in [0, 0.05) is 59.0 Å².